The molecule has 2 unspecified atom stereocenters. The van der Waals surface area contributed by atoms with E-state index in [1.54, 1.807) is 6.92 Å². The fraction of sp³-hybridized carbons (Fsp3) is 0.615. The van der Waals surface area contributed by atoms with Gasteiger partial charge < -0.3 is 4.74 Å². The molecule has 2 rings (SSSR count). The first-order valence-electron chi connectivity index (χ1n) is 6.10. The molecule has 2 bridgehead atoms. The highest BCUT2D eigenvalue weighted by Crippen LogP contribution is 2.43. The minimum absolute atomic E-state index is 0.0607. The standard InChI is InChI=1S/C13H15F3O2/c1-2-18-12(17)10-6-8-3-4-9(5-8)7-11(10)13(14,15)16/h6-9H,2-5H2,1H3. The summed E-state index contributed by atoms with van der Waals surface area (Å²) in [6.07, 6.45) is 0.456. The maximum Gasteiger partial charge on any atom is 0.416 e. The summed E-state index contributed by atoms with van der Waals surface area (Å²) in [4.78, 5) is 11.7. The lowest BCUT2D eigenvalue weighted by Gasteiger charge is -2.16. The molecule has 0 heterocycles. The van der Waals surface area contributed by atoms with Crippen molar-refractivity contribution in [3.05, 3.63) is 23.3 Å². The van der Waals surface area contributed by atoms with Crippen LogP contribution in [0.25, 0.3) is 0 Å². The van der Waals surface area contributed by atoms with Crippen molar-refractivity contribution in [2.45, 2.75) is 32.4 Å². The molecule has 0 spiro atoms. The van der Waals surface area contributed by atoms with Crippen LogP contribution in [0.1, 0.15) is 26.2 Å². The fourth-order valence-corrected chi connectivity index (χ4v) is 2.64. The van der Waals surface area contributed by atoms with E-state index in [-0.39, 0.29) is 24.0 Å². The van der Waals surface area contributed by atoms with Crippen LogP contribution in [0.5, 0.6) is 0 Å². The summed E-state index contributed by atoms with van der Waals surface area (Å²) in [5.74, 6) is -0.881. The van der Waals surface area contributed by atoms with Crippen molar-refractivity contribution in [3.63, 3.8) is 0 Å². The third-order valence-electron chi connectivity index (χ3n) is 3.41. The van der Waals surface area contributed by atoms with E-state index in [0.717, 1.165) is 12.8 Å². The number of carbonyl (C=O) groups excluding carboxylic acids is 1. The molecule has 18 heavy (non-hydrogen) atoms. The lowest BCUT2D eigenvalue weighted by molar-refractivity contribution is -0.140. The van der Waals surface area contributed by atoms with E-state index in [0.29, 0.717) is 6.42 Å². The van der Waals surface area contributed by atoms with Gasteiger partial charge in [-0.05, 0) is 38.0 Å². The van der Waals surface area contributed by atoms with Crippen molar-refractivity contribution in [2.75, 3.05) is 6.61 Å². The zero-order valence-electron chi connectivity index (χ0n) is 10.1. The molecule has 1 saturated carbocycles. The van der Waals surface area contributed by atoms with Gasteiger partial charge in [-0.2, -0.15) is 13.2 Å². The topological polar surface area (TPSA) is 26.3 Å². The summed E-state index contributed by atoms with van der Waals surface area (Å²) in [5.41, 5.74) is -1.13. The smallest absolute Gasteiger partial charge is 0.416 e. The number of fused-ring (bicyclic) bond motifs is 2. The highest BCUT2D eigenvalue weighted by atomic mass is 19.4. The summed E-state index contributed by atoms with van der Waals surface area (Å²) < 4.78 is 43.7. The summed E-state index contributed by atoms with van der Waals surface area (Å²) in [6, 6.07) is 0. The molecule has 5 heteroatoms. The van der Waals surface area contributed by atoms with Crippen LogP contribution in [0, 0.1) is 11.8 Å². The van der Waals surface area contributed by atoms with Gasteiger partial charge in [0.15, 0.2) is 0 Å². The molecule has 2 aliphatic rings. The molecule has 0 saturated heterocycles. The number of halogens is 3. The average molecular weight is 260 g/mol. The molecule has 0 aromatic heterocycles. The number of hydrogen-bond acceptors (Lipinski definition) is 2. The predicted molar refractivity (Wildman–Crippen MR) is 59.7 cm³/mol. The third kappa shape index (κ3) is 2.60. The number of carbonyl (C=O) groups is 1. The zero-order chi connectivity index (χ0) is 13.3. The largest absolute Gasteiger partial charge is 0.462 e. The first-order chi connectivity index (χ1) is 8.41. The normalized spacial score (nSPS) is 27.3. The fourth-order valence-electron chi connectivity index (χ4n) is 2.64. The van der Waals surface area contributed by atoms with Crippen LogP contribution in [0.15, 0.2) is 23.3 Å². The van der Waals surface area contributed by atoms with Gasteiger partial charge in [0.2, 0.25) is 0 Å². The van der Waals surface area contributed by atoms with Crippen LogP contribution in [0.2, 0.25) is 0 Å². The molecular formula is C13H15F3O2. The second-order valence-electron chi connectivity index (χ2n) is 4.71. The molecule has 2 nitrogen and oxygen atoms in total. The summed E-state index contributed by atoms with van der Waals surface area (Å²) in [7, 11) is 0. The minimum Gasteiger partial charge on any atom is -0.462 e. The monoisotopic (exact) mass is 260 g/mol. The second-order valence-corrected chi connectivity index (χ2v) is 4.71. The van der Waals surface area contributed by atoms with Crippen LogP contribution in [0.3, 0.4) is 0 Å². The zero-order valence-corrected chi connectivity index (χ0v) is 10.1. The van der Waals surface area contributed by atoms with Crippen LogP contribution < -0.4 is 0 Å². The Morgan fingerprint density at radius 1 is 1.33 bits per heavy atom. The number of esters is 1. The summed E-state index contributed by atoms with van der Waals surface area (Å²) in [5, 5.41) is 0. The van der Waals surface area contributed by atoms with Crippen LogP contribution >= 0.6 is 0 Å². The van der Waals surface area contributed by atoms with E-state index in [2.05, 4.69) is 0 Å². The summed E-state index contributed by atoms with van der Waals surface area (Å²) >= 11 is 0. The molecule has 0 aromatic carbocycles. The van der Waals surface area contributed by atoms with E-state index < -0.39 is 17.7 Å². The highest BCUT2D eigenvalue weighted by molar-refractivity contribution is 5.94. The van der Waals surface area contributed by atoms with Gasteiger partial charge in [-0.1, -0.05) is 12.2 Å². The Morgan fingerprint density at radius 2 is 1.94 bits per heavy atom. The van der Waals surface area contributed by atoms with Crippen LogP contribution in [-0.2, 0) is 9.53 Å². The lowest BCUT2D eigenvalue weighted by atomic mass is 9.98. The molecule has 2 atom stereocenters. The number of hydrogen-bond donors (Lipinski definition) is 0. The number of ether oxygens (including phenoxy) is 1. The van der Waals surface area contributed by atoms with Gasteiger partial charge in [0, 0.05) is 0 Å². The summed E-state index contributed by atoms with van der Waals surface area (Å²) in [6.45, 7) is 1.66. The first kappa shape index (κ1) is 13.2. The van der Waals surface area contributed by atoms with Gasteiger partial charge >= 0.3 is 12.1 Å². The maximum atomic E-state index is 13.0. The number of alkyl halides is 3. The molecule has 0 amide bonds. The van der Waals surface area contributed by atoms with E-state index in [4.69, 9.17) is 4.74 Å². The van der Waals surface area contributed by atoms with E-state index in [9.17, 15) is 18.0 Å². The van der Waals surface area contributed by atoms with E-state index in [1.807, 2.05) is 0 Å². The molecule has 0 aliphatic heterocycles. The molecule has 0 aromatic rings. The van der Waals surface area contributed by atoms with Crippen LogP contribution in [-0.4, -0.2) is 18.8 Å². The van der Waals surface area contributed by atoms with E-state index >= 15 is 0 Å². The molecule has 1 fully saturated rings. The van der Waals surface area contributed by atoms with Crippen LogP contribution in [0.4, 0.5) is 13.2 Å². The number of allylic oxidation sites excluding steroid dienone is 2. The van der Waals surface area contributed by atoms with Gasteiger partial charge in [-0.25, -0.2) is 4.79 Å². The lowest BCUT2D eigenvalue weighted by Crippen LogP contribution is -2.21. The van der Waals surface area contributed by atoms with E-state index in [1.165, 1.54) is 12.2 Å². The third-order valence-corrected chi connectivity index (χ3v) is 3.41. The molecule has 100 valence electrons. The minimum atomic E-state index is -4.50. The Hall–Kier alpha value is -1.26. The van der Waals surface area contributed by atoms with Gasteiger partial charge in [0.1, 0.15) is 0 Å². The van der Waals surface area contributed by atoms with Gasteiger partial charge in [-0.3, -0.25) is 0 Å². The van der Waals surface area contributed by atoms with Crippen molar-refractivity contribution >= 4 is 5.97 Å². The van der Waals surface area contributed by atoms with Crippen molar-refractivity contribution in [3.8, 4) is 0 Å². The Balaban J connectivity index is 2.38. The SMILES string of the molecule is CCOC(=O)C1=CC2CCC(C=C1C(F)(F)F)C2. The van der Waals surface area contributed by atoms with Crippen molar-refractivity contribution < 1.29 is 22.7 Å². The Labute approximate surface area is 103 Å². The predicted octanol–water partition coefficient (Wildman–Crippen LogP) is 3.39. The quantitative estimate of drug-likeness (QED) is 0.711. The highest BCUT2D eigenvalue weighted by Gasteiger charge is 2.42. The van der Waals surface area contributed by atoms with Gasteiger partial charge in [0.25, 0.3) is 0 Å². The molecule has 0 radical (unpaired) electrons. The van der Waals surface area contributed by atoms with Gasteiger partial charge in [0.05, 0.1) is 17.8 Å². The Bertz CT molecular complexity index is 407. The van der Waals surface area contributed by atoms with Crippen molar-refractivity contribution in [1.82, 2.24) is 0 Å². The van der Waals surface area contributed by atoms with Crippen molar-refractivity contribution in [1.29, 1.82) is 0 Å². The van der Waals surface area contributed by atoms with Gasteiger partial charge in [-0.15, -0.1) is 0 Å². The second kappa shape index (κ2) is 4.78. The maximum absolute atomic E-state index is 13.0. The molecule has 2 aliphatic carbocycles. The molecular weight excluding hydrogens is 245 g/mol. The Kier molecular flexibility index (Phi) is 3.50. The van der Waals surface area contributed by atoms with Crippen molar-refractivity contribution in [2.24, 2.45) is 11.8 Å². The Morgan fingerprint density at radius 3 is 2.50 bits per heavy atom. The average Bonchev–Trinajstić information content (AvgIpc) is 2.57. The number of rotatable bonds is 2. The first-order valence-corrected chi connectivity index (χ1v) is 6.10. The molecule has 0 N–H and O–H groups in total.